The average molecular weight is 506 g/mol. The minimum atomic E-state index is -4.26. The van der Waals surface area contributed by atoms with Gasteiger partial charge in [0.1, 0.15) is 12.2 Å². The molecular formula is C19H19N6O9P. The first-order chi connectivity index (χ1) is 16.7. The summed E-state index contributed by atoms with van der Waals surface area (Å²) in [6.07, 6.45) is -4.65. The standard InChI is InChI=1S/C19H19N6O9P/c20-9-11-1-3-12(4-2-11)13-6-8-31-35(30,34-13)32-10-19(23-24-21)16(28)15(27)17(33-19)25-7-5-14(26)22-18(25)29/h1-5,7,13,15-17,27-28H,6,8,10H2,(H,22,26,29)/t13-,15+,16-,17?,19+,35?/m0/s1. The fourth-order valence-electron chi connectivity index (χ4n) is 3.68. The molecule has 0 aliphatic carbocycles. The Morgan fingerprint density at radius 2 is 2.09 bits per heavy atom. The zero-order chi connectivity index (χ0) is 25.2. The van der Waals surface area contributed by atoms with E-state index in [-0.39, 0.29) is 6.61 Å². The Kier molecular flexibility index (Phi) is 6.91. The fraction of sp³-hybridized carbons (Fsp3) is 0.421. The SMILES string of the molecule is N#Cc1ccc([C@@H]2CCOP(=O)(OC[C@@]3(N=[N+]=[N-])OC(n4ccc(=O)[nH]c4=O)[C@H](O)[C@@H]3O)O2)cc1. The van der Waals surface area contributed by atoms with Crippen LogP contribution < -0.4 is 11.2 Å². The summed E-state index contributed by atoms with van der Waals surface area (Å²) < 4.78 is 35.4. The molecule has 0 radical (unpaired) electrons. The van der Waals surface area contributed by atoms with Gasteiger partial charge in [0.2, 0.25) is 5.72 Å². The largest absolute Gasteiger partial charge is 0.475 e. The van der Waals surface area contributed by atoms with Crippen molar-refractivity contribution in [2.75, 3.05) is 13.2 Å². The quantitative estimate of drug-likeness (QED) is 0.218. The maximum absolute atomic E-state index is 13.1. The topological polar surface area (TPSA) is 222 Å². The number of phosphoric ester groups is 1. The third kappa shape index (κ3) is 4.92. The van der Waals surface area contributed by atoms with Crippen LogP contribution in [0.2, 0.25) is 0 Å². The van der Waals surface area contributed by atoms with Crippen molar-refractivity contribution in [2.45, 2.75) is 36.7 Å². The van der Waals surface area contributed by atoms with Gasteiger partial charge in [0.05, 0.1) is 31.0 Å². The molecule has 1 aromatic carbocycles. The van der Waals surface area contributed by atoms with Crippen molar-refractivity contribution in [1.82, 2.24) is 9.55 Å². The first-order valence-electron chi connectivity index (χ1n) is 10.2. The summed E-state index contributed by atoms with van der Waals surface area (Å²) in [5.74, 6) is 0. The van der Waals surface area contributed by atoms with Gasteiger partial charge in [-0.3, -0.25) is 27.9 Å². The van der Waals surface area contributed by atoms with E-state index in [0.717, 1.165) is 16.8 Å². The zero-order valence-electron chi connectivity index (χ0n) is 17.8. The van der Waals surface area contributed by atoms with Crippen molar-refractivity contribution in [2.24, 2.45) is 5.11 Å². The number of phosphoric acid groups is 1. The molecule has 3 N–H and O–H groups in total. The number of aromatic amines is 1. The molecular weight excluding hydrogens is 487 g/mol. The van der Waals surface area contributed by atoms with Crippen LogP contribution in [0.1, 0.15) is 29.9 Å². The van der Waals surface area contributed by atoms with Crippen LogP contribution >= 0.6 is 7.82 Å². The summed E-state index contributed by atoms with van der Waals surface area (Å²) in [5.41, 5.74) is 6.11. The average Bonchev–Trinajstić information content (AvgIpc) is 3.09. The van der Waals surface area contributed by atoms with Crippen molar-refractivity contribution >= 4 is 7.82 Å². The van der Waals surface area contributed by atoms with Crippen molar-refractivity contribution in [3.05, 3.63) is 78.9 Å². The number of rotatable bonds is 6. The van der Waals surface area contributed by atoms with Crippen LogP contribution in [0.5, 0.6) is 0 Å². The molecule has 184 valence electrons. The summed E-state index contributed by atoms with van der Waals surface area (Å²) in [6, 6.07) is 9.38. The number of aromatic nitrogens is 2. The highest BCUT2D eigenvalue weighted by atomic mass is 31.2. The lowest BCUT2D eigenvalue weighted by Crippen LogP contribution is -2.45. The number of H-pyrrole nitrogens is 1. The summed E-state index contributed by atoms with van der Waals surface area (Å²) in [6.45, 7) is -0.890. The number of hydrogen-bond donors (Lipinski definition) is 3. The van der Waals surface area contributed by atoms with E-state index in [9.17, 15) is 24.4 Å². The molecule has 0 amide bonds. The summed E-state index contributed by atoms with van der Waals surface area (Å²) in [7, 11) is -4.26. The first-order valence-corrected chi connectivity index (χ1v) is 11.7. The molecule has 2 aromatic rings. The van der Waals surface area contributed by atoms with Gasteiger partial charge >= 0.3 is 13.5 Å². The normalized spacial score (nSPS) is 32.5. The number of nitriles is 1. The monoisotopic (exact) mass is 506 g/mol. The molecule has 6 atom stereocenters. The van der Waals surface area contributed by atoms with E-state index in [1.807, 2.05) is 11.1 Å². The van der Waals surface area contributed by atoms with Crippen LogP contribution in [0.15, 0.2) is 51.2 Å². The molecule has 3 heterocycles. The van der Waals surface area contributed by atoms with Gasteiger partial charge in [-0.25, -0.2) is 9.36 Å². The highest BCUT2D eigenvalue weighted by molar-refractivity contribution is 7.48. The Morgan fingerprint density at radius 3 is 2.74 bits per heavy atom. The van der Waals surface area contributed by atoms with E-state index in [1.54, 1.807) is 24.3 Å². The molecule has 2 unspecified atom stereocenters. The number of ether oxygens (including phenoxy) is 1. The number of hydrogen-bond acceptors (Lipinski definition) is 11. The second-order valence-electron chi connectivity index (χ2n) is 7.67. The Labute approximate surface area is 196 Å². The van der Waals surface area contributed by atoms with E-state index in [0.29, 0.717) is 17.5 Å². The van der Waals surface area contributed by atoms with Crippen molar-refractivity contribution in [3.8, 4) is 6.07 Å². The van der Waals surface area contributed by atoms with Gasteiger partial charge in [-0.15, -0.1) is 0 Å². The molecule has 1 aromatic heterocycles. The van der Waals surface area contributed by atoms with Crippen LogP contribution in [-0.2, 0) is 22.9 Å². The lowest BCUT2D eigenvalue weighted by atomic mass is 10.1. The minimum Gasteiger partial charge on any atom is -0.387 e. The van der Waals surface area contributed by atoms with Crippen LogP contribution in [0.25, 0.3) is 10.4 Å². The second-order valence-corrected chi connectivity index (χ2v) is 9.29. The number of azide groups is 1. The lowest BCUT2D eigenvalue weighted by molar-refractivity contribution is -0.127. The number of benzene rings is 1. The smallest absolute Gasteiger partial charge is 0.387 e. The maximum atomic E-state index is 13.1. The van der Waals surface area contributed by atoms with Gasteiger partial charge in [0, 0.05) is 23.6 Å². The third-order valence-electron chi connectivity index (χ3n) is 5.47. The van der Waals surface area contributed by atoms with Gasteiger partial charge in [0.25, 0.3) is 5.56 Å². The highest BCUT2D eigenvalue weighted by Crippen LogP contribution is 2.58. The van der Waals surface area contributed by atoms with Gasteiger partial charge in [-0.05, 0) is 23.2 Å². The molecule has 2 aliphatic rings. The minimum absolute atomic E-state index is 0.0160. The molecule has 2 saturated heterocycles. The lowest BCUT2D eigenvalue weighted by Gasteiger charge is -2.32. The Bertz CT molecular complexity index is 1350. The van der Waals surface area contributed by atoms with Crippen LogP contribution in [0.3, 0.4) is 0 Å². The second kappa shape index (κ2) is 9.74. The van der Waals surface area contributed by atoms with Gasteiger partial charge in [-0.1, -0.05) is 17.2 Å². The Morgan fingerprint density at radius 1 is 1.34 bits per heavy atom. The molecule has 2 aliphatic heterocycles. The zero-order valence-corrected chi connectivity index (χ0v) is 18.7. The van der Waals surface area contributed by atoms with Crippen LogP contribution in [0, 0.1) is 11.3 Å². The Hall–Kier alpha value is -3.31. The van der Waals surface area contributed by atoms with Gasteiger partial charge in [0.15, 0.2) is 6.23 Å². The molecule has 0 bridgehead atoms. The predicted octanol–water partition coefficient (Wildman–Crippen LogP) is 0.968. The van der Waals surface area contributed by atoms with E-state index < -0.39 is 55.9 Å². The first kappa shape index (κ1) is 24.8. The molecule has 16 heteroatoms. The molecule has 0 spiro atoms. The van der Waals surface area contributed by atoms with Gasteiger partial charge in [-0.2, -0.15) is 5.26 Å². The Balaban J connectivity index is 1.54. The molecule has 15 nitrogen and oxygen atoms in total. The van der Waals surface area contributed by atoms with E-state index in [2.05, 4.69) is 10.0 Å². The molecule has 2 fully saturated rings. The van der Waals surface area contributed by atoms with Crippen LogP contribution in [-0.4, -0.2) is 50.9 Å². The van der Waals surface area contributed by atoms with Gasteiger partial charge < -0.3 is 14.9 Å². The highest BCUT2D eigenvalue weighted by Gasteiger charge is 2.56. The van der Waals surface area contributed by atoms with Crippen LogP contribution in [0.4, 0.5) is 0 Å². The summed E-state index contributed by atoms with van der Waals surface area (Å²) in [5, 5.41) is 33.4. The molecule has 35 heavy (non-hydrogen) atoms. The number of nitrogens with zero attached hydrogens (tertiary/aromatic N) is 5. The fourth-order valence-corrected chi connectivity index (χ4v) is 5.08. The van der Waals surface area contributed by atoms with Crippen molar-refractivity contribution in [3.63, 3.8) is 0 Å². The van der Waals surface area contributed by atoms with E-state index in [1.165, 1.54) is 0 Å². The summed E-state index contributed by atoms with van der Waals surface area (Å²) in [4.78, 5) is 28.0. The van der Waals surface area contributed by atoms with E-state index >= 15 is 0 Å². The predicted molar refractivity (Wildman–Crippen MR) is 114 cm³/mol. The maximum Gasteiger partial charge on any atom is 0.475 e. The van der Waals surface area contributed by atoms with E-state index in [4.69, 9.17) is 29.1 Å². The number of aliphatic hydroxyl groups excluding tert-OH is 2. The molecule has 4 rings (SSSR count). The van der Waals surface area contributed by atoms with Crippen molar-refractivity contribution in [1.29, 1.82) is 5.26 Å². The third-order valence-corrected chi connectivity index (χ3v) is 6.93. The summed E-state index contributed by atoms with van der Waals surface area (Å²) >= 11 is 0. The number of nitrogens with one attached hydrogen (secondary N) is 1. The number of aliphatic hydroxyl groups is 2. The molecule has 0 saturated carbocycles. The van der Waals surface area contributed by atoms with Crippen molar-refractivity contribution < 1.29 is 33.1 Å².